The van der Waals surface area contributed by atoms with Gasteiger partial charge in [-0.05, 0) is 12.1 Å². The molecule has 1 heterocycles. The zero-order valence-electron chi connectivity index (χ0n) is 5.96. The molecular formula is C7H7NO3. The van der Waals surface area contributed by atoms with Gasteiger partial charge in [0.1, 0.15) is 0 Å². The van der Waals surface area contributed by atoms with Crippen molar-refractivity contribution in [2.24, 2.45) is 0 Å². The molecule has 11 heavy (non-hydrogen) atoms. The maximum Gasteiger partial charge on any atom is 0.308 e. The summed E-state index contributed by atoms with van der Waals surface area (Å²) in [5.74, 6) is -0.471. The van der Waals surface area contributed by atoms with Gasteiger partial charge < -0.3 is 9.72 Å². The molecule has 1 aromatic heterocycles. The molecule has 1 aromatic rings. The molecule has 58 valence electrons. The fourth-order valence-corrected chi connectivity index (χ4v) is 0.641. The molecule has 0 unspecified atom stereocenters. The highest BCUT2D eigenvalue weighted by atomic mass is 16.5. The lowest BCUT2D eigenvalue weighted by Crippen LogP contribution is -2.12. The number of hydrogen-bond acceptors (Lipinski definition) is 3. The van der Waals surface area contributed by atoms with Crippen molar-refractivity contribution in [3.63, 3.8) is 0 Å². The third kappa shape index (κ3) is 1.93. The first-order valence-corrected chi connectivity index (χ1v) is 3.06. The number of carbonyl (C=O) groups is 1. The maximum absolute atomic E-state index is 10.8. The molecule has 0 bridgehead atoms. The van der Waals surface area contributed by atoms with Crippen molar-refractivity contribution in [2.75, 3.05) is 0 Å². The van der Waals surface area contributed by atoms with E-state index in [9.17, 15) is 9.59 Å². The first-order chi connectivity index (χ1) is 5.20. The average molecular weight is 153 g/mol. The van der Waals surface area contributed by atoms with E-state index in [1.807, 2.05) is 0 Å². The zero-order chi connectivity index (χ0) is 8.27. The third-order valence-corrected chi connectivity index (χ3v) is 1.04. The van der Waals surface area contributed by atoms with Gasteiger partial charge in [-0.1, -0.05) is 0 Å². The van der Waals surface area contributed by atoms with Gasteiger partial charge in [-0.15, -0.1) is 0 Å². The van der Waals surface area contributed by atoms with Crippen molar-refractivity contribution >= 4 is 5.97 Å². The number of H-pyrrole nitrogens is 1. The van der Waals surface area contributed by atoms with Crippen molar-refractivity contribution < 1.29 is 9.53 Å². The summed E-state index contributed by atoms with van der Waals surface area (Å²) in [6.45, 7) is 1.24. The second-order valence-electron chi connectivity index (χ2n) is 1.96. The van der Waals surface area contributed by atoms with Crippen LogP contribution in [-0.4, -0.2) is 11.0 Å². The standard InChI is InChI=1S/C7H7NO3/c1-5(9)11-6-3-2-4-8-7(6)10/h2-4H,1H3,(H,8,10). The number of nitrogens with one attached hydrogen (secondary N) is 1. The molecule has 1 rings (SSSR count). The van der Waals surface area contributed by atoms with E-state index >= 15 is 0 Å². The topological polar surface area (TPSA) is 59.2 Å². The summed E-state index contributed by atoms with van der Waals surface area (Å²) in [4.78, 5) is 23.6. The number of carbonyl (C=O) groups excluding carboxylic acids is 1. The van der Waals surface area contributed by atoms with Crippen molar-refractivity contribution in [3.8, 4) is 5.75 Å². The Labute approximate surface area is 62.8 Å². The SMILES string of the molecule is CC(=O)Oc1ccc[nH]c1=O. The molecule has 4 heteroatoms. The summed E-state index contributed by atoms with van der Waals surface area (Å²) >= 11 is 0. The van der Waals surface area contributed by atoms with E-state index in [0.717, 1.165) is 0 Å². The van der Waals surface area contributed by atoms with Gasteiger partial charge in [-0.2, -0.15) is 0 Å². The molecule has 4 nitrogen and oxygen atoms in total. The molecule has 0 aromatic carbocycles. The molecule has 0 fully saturated rings. The van der Waals surface area contributed by atoms with Gasteiger partial charge in [0.05, 0.1) is 0 Å². The fraction of sp³-hybridized carbons (Fsp3) is 0.143. The van der Waals surface area contributed by atoms with E-state index in [-0.39, 0.29) is 5.75 Å². The predicted octanol–water partition coefficient (Wildman–Crippen LogP) is 0.300. The molecule has 0 atom stereocenters. The van der Waals surface area contributed by atoms with Crippen LogP contribution in [0.5, 0.6) is 5.75 Å². The van der Waals surface area contributed by atoms with E-state index < -0.39 is 11.5 Å². The van der Waals surface area contributed by atoms with E-state index in [1.165, 1.54) is 19.2 Å². The van der Waals surface area contributed by atoms with Crippen LogP contribution in [0.4, 0.5) is 0 Å². The van der Waals surface area contributed by atoms with E-state index in [1.54, 1.807) is 6.07 Å². The second-order valence-corrected chi connectivity index (χ2v) is 1.96. The minimum absolute atomic E-state index is 0.0278. The number of pyridine rings is 1. The van der Waals surface area contributed by atoms with Gasteiger partial charge in [0.15, 0.2) is 5.75 Å². The molecule has 0 aliphatic carbocycles. The molecular weight excluding hydrogens is 146 g/mol. The van der Waals surface area contributed by atoms with Crippen molar-refractivity contribution in [1.82, 2.24) is 4.98 Å². The minimum Gasteiger partial charge on any atom is -0.421 e. The lowest BCUT2D eigenvalue weighted by atomic mass is 10.4. The van der Waals surface area contributed by atoms with Gasteiger partial charge in [-0.3, -0.25) is 9.59 Å². The second kappa shape index (κ2) is 3.01. The third-order valence-electron chi connectivity index (χ3n) is 1.04. The Hall–Kier alpha value is -1.58. The highest BCUT2D eigenvalue weighted by Gasteiger charge is 2.00. The summed E-state index contributed by atoms with van der Waals surface area (Å²) in [6.07, 6.45) is 1.47. The minimum atomic E-state index is -0.498. The Bertz CT molecular complexity index is 315. The van der Waals surface area contributed by atoms with Gasteiger partial charge in [0, 0.05) is 13.1 Å². The first kappa shape index (κ1) is 7.53. The highest BCUT2D eigenvalue weighted by molar-refractivity contribution is 5.68. The molecule has 0 spiro atoms. The normalized spacial score (nSPS) is 9.18. The Morgan fingerprint density at radius 1 is 1.64 bits per heavy atom. The number of hydrogen-bond donors (Lipinski definition) is 1. The highest BCUT2D eigenvalue weighted by Crippen LogP contribution is 1.98. The van der Waals surface area contributed by atoms with Crippen LogP contribution in [0.15, 0.2) is 23.1 Å². The van der Waals surface area contributed by atoms with E-state index in [0.29, 0.717) is 0 Å². The summed E-state index contributed by atoms with van der Waals surface area (Å²) in [7, 11) is 0. The molecule has 1 N–H and O–H groups in total. The molecule has 0 saturated heterocycles. The van der Waals surface area contributed by atoms with Crippen LogP contribution in [0.1, 0.15) is 6.92 Å². The molecule has 0 radical (unpaired) electrons. The van der Waals surface area contributed by atoms with Crippen molar-refractivity contribution in [2.45, 2.75) is 6.92 Å². The van der Waals surface area contributed by atoms with Gasteiger partial charge in [0.25, 0.3) is 5.56 Å². The Morgan fingerprint density at radius 2 is 2.36 bits per heavy atom. The Balaban J connectivity index is 2.95. The Kier molecular flexibility index (Phi) is 2.06. The smallest absolute Gasteiger partial charge is 0.308 e. The quantitative estimate of drug-likeness (QED) is 0.590. The fourth-order valence-electron chi connectivity index (χ4n) is 0.641. The van der Waals surface area contributed by atoms with Crippen LogP contribution >= 0.6 is 0 Å². The first-order valence-electron chi connectivity index (χ1n) is 3.06. The number of aromatic amines is 1. The molecule has 0 saturated carbocycles. The number of esters is 1. The van der Waals surface area contributed by atoms with E-state index in [2.05, 4.69) is 9.72 Å². The van der Waals surface area contributed by atoms with Gasteiger partial charge in [0.2, 0.25) is 0 Å². The van der Waals surface area contributed by atoms with Crippen LogP contribution in [0, 0.1) is 0 Å². The lowest BCUT2D eigenvalue weighted by Gasteiger charge is -1.96. The molecule has 0 amide bonds. The van der Waals surface area contributed by atoms with Gasteiger partial charge in [-0.25, -0.2) is 0 Å². The van der Waals surface area contributed by atoms with Crippen LogP contribution in [-0.2, 0) is 4.79 Å². The summed E-state index contributed by atoms with van der Waals surface area (Å²) in [5.41, 5.74) is -0.400. The summed E-state index contributed by atoms with van der Waals surface area (Å²) in [6, 6.07) is 3.01. The molecule has 0 aliphatic rings. The van der Waals surface area contributed by atoms with E-state index in [4.69, 9.17) is 0 Å². The number of aromatic nitrogens is 1. The lowest BCUT2D eigenvalue weighted by molar-refractivity contribution is -0.131. The zero-order valence-corrected chi connectivity index (χ0v) is 5.96. The largest absolute Gasteiger partial charge is 0.421 e. The summed E-state index contributed by atoms with van der Waals surface area (Å²) in [5, 5.41) is 0. The van der Waals surface area contributed by atoms with Crippen molar-refractivity contribution in [1.29, 1.82) is 0 Å². The van der Waals surface area contributed by atoms with Gasteiger partial charge >= 0.3 is 5.97 Å². The number of ether oxygens (including phenoxy) is 1. The monoisotopic (exact) mass is 153 g/mol. The van der Waals surface area contributed by atoms with Crippen molar-refractivity contribution in [3.05, 3.63) is 28.7 Å². The van der Waals surface area contributed by atoms with Crippen LogP contribution in [0.3, 0.4) is 0 Å². The maximum atomic E-state index is 10.8. The van der Waals surface area contributed by atoms with Crippen LogP contribution < -0.4 is 10.3 Å². The molecule has 0 aliphatic heterocycles. The summed E-state index contributed by atoms with van der Waals surface area (Å²) < 4.78 is 4.56. The predicted molar refractivity (Wildman–Crippen MR) is 38.4 cm³/mol. The van der Waals surface area contributed by atoms with Crippen LogP contribution in [0.25, 0.3) is 0 Å². The number of rotatable bonds is 1. The average Bonchev–Trinajstić information content (AvgIpc) is 1.93. The van der Waals surface area contributed by atoms with Crippen LogP contribution in [0.2, 0.25) is 0 Å². The Morgan fingerprint density at radius 3 is 2.91 bits per heavy atom.